The molecule has 0 bridgehead atoms. The molecule has 0 saturated heterocycles. The predicted octanol–water partition coefficient (Wildman–Crippen LogP) is 1.29. The number of aliphatic carboxylic acids is 1. The number of carboxylic acids is 1. The van der Waals surface area contributed by atoms with Crippen molar-refractivity contribution in [2.75, 3.05) is 6.54 Å². The minimum Gasteiger partial charge on any atom is -0.480 e. The van der Waals surface area contributed by atoms with Gasteiger partial charge < -0.3 is 15.0 Å². The summed E-state index contributed by atoms with van der Waals surface area (Å²) in [7, 11) is 0. The van der Waals surface area contributed by atoms with Crippen LogP contribution in [0.3, 0.4) is 0 Å². The molecule has 0 amide bonds. The van der Waals surface area contributed by atoms with Crippen LogP contribution in [0, 0.1) is 0 Å². The predicted molar refractivity (Wildman–Crippen MR) is 65.9 cm³/mol. The van der Waals surface area contributed by atoms with E-state index in [2.05, 4.69) is 17.2 Å². The Labute approximate surface area is 102 Å². The third-order valence-electron chi connectivity index (χ3n) is 2.59. The molecule has 1 heterocycles. The molecule has 0 aliphatic carbocycles. The van der Waals surface area contributed by atoms with Crippen molar-refractivity contribution in [1.82, 2.24) is 14.9 Å². The van der Waals surface area contributed by atoms with Crippen molar-refractivity contribution in [2.24, 2.45) is 0 Å². The van der Waals surface area contributed by atoms with Crippen molar-refractivity contribution >= 4 is 5.97 Å². The molecule has 1 atom stereocenters. The van der Waals surface area contributed by atoms with Crippen LogP contribution in [-0.2, 0) is 17.8 Å². The van der Waals surface area contributed by atoms with Crippen LogP contribution in [0.5, 0.6) is 0 Å². The standard InChI is InChI=1S/C12H21N3O2/c1-3-5-11-14-7-8-15(11)9-10(12(16)17)13-6-4-2/h7-8,10,13H,3-6,9H2,1-2H3,(H,16,17). The minimum atomic E-state index is -0.811. The van der Waals surface area contributed by atoms with Gasteiger partial charge in [-0.15, -0.1) is 0 Å². The second-order valence-corrected chi connectivity index (χ2v) is 4.09. The fourth-order valence-electron chi connectivity index (χ4n) is 1.70. The van der Waals surface area contributed by atoms with Gasteiger partial charge in [0.15, 0.2) is 0 Å². The molecule has 5 heteroatoms. The number of aryl methyl sites for hydroxylation is 1. The largest absolute Gasteiger partial charge is 0.480 e. The molecule has 2 N–H and O–H groups in total. The van der Waals surface area contributed by atoms with Gasteiger partial charge in [0.05, 0.1) is 0 Å². The first-order valence-corrected chi connectivity index (χ1v) is 6.15. The summed E-state index contributed by atoms with van der Waals surface area (Å²) in [6.07, 6.45) is 6.39. The Balaban J connectivity index is 2.64. The minimum absolute atomic E-state index is 0.435. The highest BCUT2D eigenvalue weighted by Crippen LogP contribution is 2.03. The van der Waals surface area contributed by atoms with Crippen molar-refractivity contribution in [3.63, 3.8) is 0 Å². The second-order valence-electron chi connectivity index (χ2n) is 4.09. The van der Waals surface area contributed by atoms with E-state index in [1.807, 2.05) is 17.7 Å². The highest BCUT2D eigenvalue weighted by molar-refractivity contribution is 5.73. The maximum Gasteiger partial charge on any atom is 0.322 e. The average Bonchev–Trinajstić information content (AvgIpc) is 2.72. The highest BCUT2D eigenvalue weighted by Gasteiger charge is 2.17. The third-order valence-corrected chi connectivity index (χ3v) is 2.59. The van der Waals surface area contributed by atoms with E-state index in [0.29, 0.717) is 6.54 Å². The lowest BCUT2D eigenvalue weighted by molar-refractivity contribution is -0.139. The first-order chi connectivity index (χ1) is 8.19. The number of carboxylic acid groups (broad SMARTS) is 1. The molecule has 0 fully saturated rings. The number of rotatable bonds is 8. The molecule has 1 aromatic heterocycles. The summed E-state index contributed by atoms with van der Waals surface area (Å²) >= 11 is 0. The van der Waals surface area contributed by atoms with Crippen LogP contribution in [0.25, 0.3) is 0 Å². The SMILES string of the molecule is CCCNC(Cn1ccnc1CCC)C(=O)O. The molecule has 0 aromatic carbocycles. The lowest BCUT2D eigenvalue weighted by atomic mass is 10.2. The van der Waals surface area contributed by atoms with Crippen LogP contribution in [0.15, 0.2) is 12.4 Å². The molecular formula is C12H21N3O2. The third kappa shape index (κ3) is 4.19. The molecule has 0 spiro atoms. The molecule has 0 aliphatic heterocycles. The molecule has 5 nitrogen and oxygen atoms in total. The van der Waals surface area contributed by atoms with E-state index in [1.165, 1.54) is 0 Å². The Morgan fingerprint density at radius 3 is 2.88 bits per heavy atom. The summed E-state index contributed by atoms with van der Waals surface area (Å²) < 4.78 is 1.92. The summed E-state index contributed by atoms with van der Waals surface area (Å²) in [5, 5.41) is 12.2. The topological polar surface area (TPSA) is 67.2 Å². The first-order valence-electron chi connectivity index (χ1n) is 6.15. The van der Waals surface area contributed by atoms with Gasteiger partial charge in [-0.1, -0.05) is 13.8 Å². The zero-order valence-corrected chi connectivity index (χ0v) is 10.5. The number of nitrogens with one attached hydrogen (secondary N) is 1. The van der Waals surface area contributed by atoms with Crippen LogP contribution in [0.2, 0.25) is 0 Å². The van der Waals surface area contributed by atoms with Crippen molar-refractivity contribution in [1.29, 1.82) is 0 Å². The second kappa shape index (κ2) is 7.06. The smallest absolute Gasteiger partial charge is 0.322 e. The van der Waals surface area contributed by atoms with E-state index in [4.69, 9.17) is 5.11 Å². The Morgan fingerprint density at radius 1 is 1.53 bits per heavy atom. The van der Waals surface area contributed by atoms with Crippen LogP contribution >= 0.6 is 0 Å². The van der Waals surface area contributed by atoms with E-state index >= 15 is 0 Å². The van der Waals surface area contributed by atoms with Crippen LogP contribution in [0.4, 0.5) is 0 Å². The molecule has 0 aliphatic rings. The Kier molecular flexibility index (Phi) is 5.69. The number of imidazole rings is 1. The maximum absolute atomic E-state index is 11.1. The molecule has 1 unspecified atom stereocenters. The van der Waals surface area contributed by atoms with Crippen molar-refractivity contribution in [2.45, 2.75) is 45.7 Å². The van der Waals surface area contributed by atoms with Crippen LogP contribution in [-0.4, -0.2) is 33.2 Å². The van der Waals surface area contributed by atoms with Gasteiger partial charge in [-0.2, -0.15) is 0 Å². The molecule has 96 valence electrons. The van der Waals surface area contributed by atoms with Crippen molar-refractivity contribution in [3.05, 3.63) is 18.2 Å². The zero-order valence-electron chi connectivity index (χ0n) is 10.5. The number of aromatic nitrogens is 2. The number of hydrogen-bond acceptors (Lipinski definition) is 3. The first kappa shape index (κ1) is 13.7. The van der Waals surface area contributed by atoms with Gasteiger partial charge in [-0.05, 0) is 19.4 Å². The molecule has 1 aromatic rings. The highest BCUT2D eigenvalue weighted by atomic mass is 16.4. The summed E-state index contributed by atoms with van der Waals surface area (Å²) in [6.45, 7) is 5.26. The Morgan fingerprint density at radius 2 is 2.29 bits per heavy atom. The Hall–Kier alpha value is -1.36. The van der Waals surface area contributed by atoms with Crippen LogP contribution < -0.4 is 5.32 Å². The van der Waals surface area contributed by atoms with E-state index in [9.17, 15) is 4.79 Å². The number of nitrogens with zero attached hydrogens (tertiary/aromatic N) is 2. The number of hydrogen-bond donors (Lipinski definition) is 2. The van der Waals surface area contributed by atoms with E-state index in [0.717, 1.165) is 31.6 Å². The van der Waals surface area contributed by atoms with Crippen LogP contribution in [0.1, 0.15) is 32.5 Å². The molecular weight excluding hydrogens is 218 g/mol. The summed E-state index contributed by atoms with van der Waals surface area (Å²) in [5.41, 5.74) is 0. The normalized spacial score (nSPS) is 12.6. The van der Waals surface area contributed by atoms with Gasteiger partial charge in [0.25, 0.3) is 0 Å². The van der Waals surface area contributed by atoms with Crippen molar-refractivity contribution in [3.8, 4) is 0 Å². The monoisotopic (exact) mass is 239 g/mol. The summed E-state index contributed by atoms with van der Waals surface area (Å²) in [6, 6.07) is -0.542. The van der Waals surface area contributed by atoms with Gasteiger partial charge in [0.2, 0.25) is 0 Å². The van der Waals surface area contributed by atoms with Gasteiger partial charge in [-0.3, -0.25) is 4.79 Å². The lowest BCUT2D eigenvalue weighted by Gasteiger charge is -2.16. The maximum atomic E-state index is 11.1. The molecule has 1 rings (SSSR count). The van der Waals surface area contributed by atoms with Gasteiger partial charge >= 0.3 is 5.97 Å². The summed E-state index contributed by atoms with van der Waals surface area (Å²) in [4.78, 5) is 15.3. The lowest BCUT2D eigenvalue weighted by Crippen LogP contribution is -2.40. The quantitative estimate of drug-likeness (QED) is 0.717. The zero-order chi connectivity index (χ0) is 12.7. The average molecular weight is 239 g/mol. The molecule has 17 heavy (non-hydrogen) atoms. The fourth-order valence-corrected chi connectivity index (χ4v) is 1.70. The van der Waals surface area contributed by atoms with Gasteiger partial charge in [0.1, 0.15) is 11.9 Å². The van der Waals surface area contributed by atoms with E-state index in [-0.39, 0.29) is 0 Å². The summed E-state index contributed by atoms with van der Waals surface area (Å²) in [5.74, 6) is 0.145. The van der Waals surface area contributed by atoms with Gasteiger partial charge in [-0.25, -0.2) is 4.98 Å². The fraction of sp³-hybridized carbons (Fsp3) is 0.667. The number of carbonyl (C=O) groups is 1. The molecule has 0 radical (unpaired) electrons. The van der Waals surface area contributed by atoms with Gasteiger partial charge in [0, 0.05) is 25.4 Å². The van der Waals surface area contributed by atoms with E-state index in [1.54, 1.807) is 6.20 Å². The Bertz CT molecular complexity index is 349. The molecule has 0 saturated carbocycles. The van der Waals surface area contributed by atoms with E-state index < -0.39 is 12.0 Å². The van der Waals surface area contributed by atoms with Crippen molar-refractivity contribution < 1.29 is 9.90 Å².